The molecule has 4 atom stereocenters. The van der Waals surface area contributed by atoms with Crippen LogP contribution in [0, 0.1) is 5.92 Å². The molecule has 4 bridgehead atoms. The Labute approximate surface area is 258 Å². The lowest BCUT2D eigenvalue weighted by Crippen LogP contribution is -2.45. The molecule has 0 radical (unpaired) electrons. The number of aromatic nitrogens is 3. The third kappa shape index (κ3) is 3.63. The molecule has 0 saturated heterocycles. The van der Waals surface area contributed by atoms with Crippen LogP contribution in [0.5, 0.6) is 5.75 Å². The van der Waals surface area contributed by atoms with E-state index in [1.54, 1.807) is 6.20 Å². The van der Waals surface area contributed by atoms with Crippen molar-refractivity contribution in [1.82, 2.24) is 20.3 Å². The number of nitrogens with zero attached hydrogens (tertiary/aromatic N) is 2. The summed E-state index contributed by atoms with van der Waals surface area (Å²) in [6, 6.07) is 20.9. The van der Waals surface area contributed by atoms with Gasteiger partial charge in [0.2, 0.25) is 17.7 Å². The van der Waals surface area contributed by atoms with E-state index in [0.29, 0.717) is 35.4 Å². The predicted octanol–water partition coefficient (Wildman–Crippen LogP) is 5.65. The van der Waals surface area contributed by atoms with Crippen LogP contribution in [0.4, 0.5) is 5.69 Å². The van der Waals surface area contributed by atoms with Gasteiger partial charge in [-0.2, -0.15) is 0 Å². The number of hydrogen-bond donors (Lipinski definition) is 4. The largest absolute Gasteiger partial charge is 0.469 e. The fourth-order valence-corrected chi connectivity index (χ4v) is 7.14. The number of rotatable bonds is 3. The summed E-state index contributed by atoms with van der Waals surface area (Å²) in [6.45, 7) is 4.03. The molecular weight excluding hydrogens is 568 g/mol. The number of para-hydroxylation sites is 2. The molecule has 5 N–H and O–H groups in total. The first kappa shape index (κ1) is 26.1. The molecule has 3 aliphatic heterocycles. The van der Waals surface area contributed by atoms with Crippen LogP contribution in [-0.2, 0) is 16.6 Å². The second kappa shape index (κ2) is 9.33. The van der Waals surface area contributed by atoms with E-state index in [1.165, 1.54) is 0 Å². The molecule has 9 rings (SSSR count). The van der Waals surface area contributed by atoms with Gasteiger partial charge in [0.25, 0.3) is 0 Å². The Bertz CT molecular complexity index is 2140. The zero-order valence-electron chi connectivity index (χ0n) is 24.6. The third-order valence-electron chi connectivity index (χ3n) is 9.33. The number of ether oxygens (including phenoxy) is 1. The van der Waals surface area contributed by atoms with Crippen molar-refractivity contribution in [3.63, 3.8) is 0 Å². The van der Waals surface area contributed by atoms with Crippen molar-refractivity contribution in [1.29, 1.82) is 0 Å². The summed E-state index contributed by atoms with van der Waals surface area (Å²) in [6.07, 6.45) is 3.48. The summed E-state index contributed by atoms with van der Waals surface area (Å²) in [4.78, 5) is 26.5. The van der Waals surface area contributed by atoms with Gasteiger partial charge < -0.3 is 34.9 Å². The number of carbonyl (C=O) groups is 1. The number of hydrogen-bond acceptors (Lipinski definition) is 8. The number of H-pyrrole nitrogens is 1. The number of carbonyl (C=O) groups excluding carboxylic acids is 1. The van der Waals surface area contributed by atoms with Crippen LogP contribution in [0.15, 0.2) is 88.0 Å². The summed E-state index contributed by atoms with van der Waals surface area (Å²) >= 11 is 0. The van der Waals surface area contributed by atoms with Gasteiger partial charge in [0, 0.05) is 33.9 Å². The van der Waals surface area contributed by atoms with Crippen molar-refractivity contribution in [3.05, 3.63) is 107 Å². The zero-order valence-corrected chi connectivity index (χ0v) is 24.6. The van der Waals surface area contributed by atoms with Crippen molar-refractivity contribution in [2.75, 3.05) is 5.32 Å². The summed E-state index contributed by atoms with van der Waals surface area (Å²) in [7, 11) is 0. The maximum Gasteiger partial charge on any atom is 0.249 e. The van der Waals surface area contributed by atoms with Crippen LogP contribution in [0.1, 0.15) is 48.2 Å². The summed E-state index contributed by atoms with van der Waals surface area (Å²) in [5.41, 5.74) is 11.6. The number of benzene rings is 3. The Hall–Kier alpha value is -5.35. The zero-order chi connectivity index (χ0) is 30.4. The Morgan fingerprint density at radius 1 is 1.00 bits per heavy atom. The lowest BCUT2D eigenvalue weighted by atomic mass is 9.72. The van der Waals surface area contributed by atoms with Crippen molar-refractivity contribution >= 4 is 22.5 Å². The standard InChI is InChI=1S/C35H30N6O4/c1-17(2)28-33-41-29(32-38-16-27(43-32)20-15-37-24-9-5-3-7-19(20)24)30(45-33)35-21-8-4-6-10-25(21)39-34(35)44-26-12-11-18(13-22(26)35)14-23(36)31(42)40-28/h3-13,15-17,23,28,34,37,39H,14,36H2,1-2H3,(H,40,42)/t23-,28-,34?,35-/m0/s1. The second-order valence-corrected chi connectivity index (χ2v) is 12.4. The van der Waals surface area contributed by atoms with Crippen LogP contribution < -0.4 is 21.1 Å². The van der Waals surface area contributed by atoms with Gasteiger partial charge in [-0.15, -0.1) is 0 Å². The van der Waals surface area contributed by atoms with Crippen LogP contribution in [0.2, 0.25) is 0 Å². The highest BCUT2D eigenvalue weighted by atomic mass is 16.5. The van der Waals surface area contributed by atoms with E-state index in [2.05, 4.69) is 27.8 Å². The molecule has 10 nitrogen and oxygen atoms in total. The van der Waals surface area contributed by atoms with Gasteiger partial charge in [-0.05, 0) is 41.7 Å². The maximum atomic E-state index is 13.4. The molecule has 0 aliphatic carbocycles. The quantitative estimate of drug-likeness (QED) is 0.205. The first-order valence-electron chi connectivity index (χ1n) is 15.2. The van der Waals surface area contributed by atoms with Gasteiger partial charge >= 0.3 is 0 Å². The van der Waals surface area contributed by atoms with Crippen molar-refractivity contribution in [2.45, 2.75) is 44.0 Å². The summed E-state index contributed by atoms with van der Waals surface area (Å²) < 4.78 is 20.0. The van der Waals surface area contributed by atoms with Crippen molar-refractivity contribution < 1.29 is 18.4 Å². The van der Waals surface area contributed by atoms with E-state index < -0.39 is 23.7 Å². The van der Waals surface area contributed by atoms with Gasteiger partial charge in [0.15, 0.2) is 23.4 Å². The molecule has 0 fully saturated rings. The lowest BCUT2D eigenvalue weighted by Gasteiger charge is -2.28. The number of oxazole rings is 2. The van der Waals surface area contributed by atoms with Gasteiger partial charge in [0.05, 0.1) is 12.2 Å². The molecular formula is C35H30N6O4. The Morgan fingerprint density at radius 3 is 2.73 bits per heavy atom. The number of anilines is 1. The van der Waals surface area contributed by atoms with E-state index in [0.717, 1.165) is 44.6 Å². The second-order valence-electron chi connectivity index (χ2n) is 12.4. The van der Waals surface area contributed by atoms with Crippen LogP contribution >= 0.6 is 0 Å². The number of nitrogens with two attached hydrogens (primary N) is 1. The molecule has 224 valence electrons. The molecule has 6 heterocycles. The van der Waals surface area contributed by atoms with Crippen LogP contribution in [0.3, 0.4) is 0 Å². The van der Waals surface area contributed by atoms with E-state index in [1.807, 2.05) is 74.6 Å². The van der Waals surface area contributed by atoms with Gasteiger partial charge in [0.1, 0.15) is 17.2 Å². The monoisotopic (exact) mass is 598 g/mol. The fraction of sp³-hybridized carbons (Fsp3) is 0.229. The molecule has 1 amide bonds. The minimum Gasteiger partial charge on any atom is -0.469 e. The average Bonchev–Trinajstić information content (AvgIpc) is 3.85. The highest BCUT2D eigenvalue weighted by Gasteiger charge is 2.61. The molecule has 0 saturated carbocycles. The Morgan fingerprint density at radius 2 is 1.84 bits per heavy atom. The highest BCUT2D eigenvalue weighted by Crippen LogP contribution is 2.59. The summed E-state index contributed by atoms with van der Waals surface area (Å²) in [5.74, 6) is 2.19. The van der Waals surface area contributed by atoms with E-state index in [-0.39, 0.29) is 11.8 Å². The lowest BCUT2D eigenvalue weighted by molar-refractivity contribution is -0.123. The van der Waals surface area contributed by atoms with Gasteiger partial charge in [-0.25, -0.2) is 9.97 Å². The minimum atomic E-state index is -0.924. The highest BCUT2D eigenvalue weighted by molar-refractivity contribution is 5.94. The third-order valence-corrected chi connectivity index (χ3v) is 9.33. The van der Waals surface area contributed by atoms with Crippen LogP contribution in [-0.4, -0.2) is 33.1 Å². The SMILES string of the molecule is CC(C)[C@@H]1NC(=O)[C@@H](N)Cc2ccc3c(c2)[C@@]2(c4ccccc4NC2O3)c2oc1nc2-c1ncc(-c2c[nH]c3ccccc23)o1. The molecule has 3 aromatic heterocycles. The minimum absolute atomic E-state index is 0.0507. The fourth-order valence-electron chi connectivity index (χ4n) is 7.14. The first-order valence-corrected chi connectivity index (χ1v) is 15.2. The van der Waals surface area contributed by atoms with E-state index in [9.17, 15) is 4.79 Å². The molecule has 1 spiro atoms. The van der Waals surface area contributed by atoms with E-state index >= 15 is 0 Å². The Balaban J connectivity index is 1.32. The number of nitrogens with one attached hydrogen (secondary N) is 3. The number of amides is 1. The number of fused-ring (bicyclic) bond motifs is 5. The summed E-state index contributed by atoms with van der Waals surface area (Å²) in [5, 5.41) is 7.73. The molecule has 6 aromatic rings. The Kier molecular flexibility index (Phi) is 5.41. The molecule has 3 aliphatic rings. The molecule has 10 heteroatoms. The number of aromatic amines is 1. The smallest absolute Gasteiger partial charge is 0.249 e. The molecule has 45 heavy (non-hydrogen) atoms. The van der Waals surface area contributed by atoms with Crippen molar-refractivity contribution in [3.8, 4) is 28.7 Å². The average molecular weight is 599 g/mol. The first-order chi connectivity index (χ1) is 21.9. The normalized spacial score (nSPS) is 23.1. The molecule has 1 unspecified atom stereocenters. The van der Waals surface area contributed by atoms with Crippen LogP contribution in [0.25, 0.3) is 33.8 Å². The maximum absolute atomic E-state index is 13.4. The van der Waals surface area contributed by atoms with E-state index in [4.69, 9.17) is 29.3 Å². The predicted molar refractivity (Wildman–Crippen MR) is 167 cm³/mol. The van der Waals surface area contributed by atoms with Crippen molar-refractivity contribution in [2.24, 2.45) is 11.7 Å². The molecule has 3 aromatic carbocycles. The topological polar surface area (TPSA) is 144 Å². The van der Waals surface area contributed by atoms with Gasteiger partial charge in [-0.1, -0.05) is 62.4 Å². The van der Waals surface area contributed by atoms with Gasteiger partial charge in [-0.3, -0.25) is 4.79 Å².